The Kier molecular flexibility index (Phi) is 6.00. The Morgan fingerprint density at radius 1 is 1.20 bits per heavy atom. The summed E-state index contributed by atoms with van der Waals surface area (Å²) in [6.07, 6.45) is 4.13. The molecule has 0 aromatic heterocycles. The van der Waals surface area contributed by atoms with Crippen LogP contribution in [-0.4, -0.2) is 17.8 Å². The standard InChI is InChI=1S/C15H20Cl3NO/c1-9(11-6-7-12(16)15(18)14(11)17)19-8-10-4-2-3-5-13(10)20/h6-7,9-10,13,19-20H,2-5,8H2,1H3. The minimum atomic E-state index is -0.187. The molecule has 2 N–H and O–H groups in total. The average Bonchev–Trinajstić information content (AvgIpc) is 2.44. The van der Waals surface area contributed by atoms with Crippen LogP contribution >= 0.6 is 34.8 Å². The van der Waals surface area contributed by atoms with Gasteiger partial charge in [-0.3, -0.25) is 0 Å². The molecule has 1 fully saturated rings. The van der Waals surface area contributed by atoms with Gasteiger partial charge in [0, 0.05) is 12.6 Å². The van der Waals surface area contributed by atoms with Crippen LogP contribution in [-0.2, 0) is 0 Å². The molecule has 1 aromatic rings. The molecule has 0 radical (unpaired) electrons. The molecule has 1 aliphatic carbocycles. The highest BCUT2D eigenvalue weighted by Gasteiger charge is 2.23. The van der Waals surface area contributed by atoms with E-state index < -0.39 is 0 Å². The molecule has 20 heavy (non-hydrogen) atoms. The highest BCUT2D eigenvalue weighted by atomic mass is 35.5. The fraction of sp³-hybridized carbons (Fsp3) is 0.600. The molecule has 2 nitrogen and oxygen atoms in total. The van der Waals surface area contributed by atoms with Crippen molar-refractivity contribution in [2.75, 3.05) is 6.54 Å². The summed E-state index contributed by atoms with van der Waals surface area (Å²) in [5, 5.41) is 14.8. The van der Waals surface area contributed by atoms with Crippen molar-refractivity contribution in [2.45, 2.75) is 44.8 Å². The number of rotatable bonds is 4. The number of benzene rings is 1. The molecular formula is C15H20Cl3NO. The second kappa shape index (κ2) is 7.33. The number of nitrogens with one attached hydrogen (secondary N) is 1. The van der Waals surface area contributed by atoms with Crippen molar-refractivity contribution in [2.24, 2.45) is 5.92 Å². The van der Waals surface area contributed by atoms with Crippen LogP contribution in [0.15, 0.2) is 12.1 Å². The van der Waals surface area contributed by atoms with Gasteiger partial charge in [-0.25, -0.2) is 0 Å². The Balaban J connectivity index is 1.98. The van der Waals surface area contributed by atoms with E-state index in [-0.39, 0.29) is 12.1 Å². The van der Waals surface area contributed by atoms with Crippen molar-refractivity contribution in [1.29, 1.82) is 0 Å². The summed E-state index contributed by atoms with van der Waals surface area (Å²) in [7, 11) is 0. The first kappa shape index (κ1) is 16.4. The lowest BCUT2D eigenvalue weighted by Gasteiger charge is -2.29. The van der Waals surface area contributed by atoms with E-state index in [0.29, 0.717) is 21.0 Å². The Hall–Kier alpha value is 0.01000. The van der Waals surface area contributed by atoms with Gasteiger partial charge >= 0.3 is 0 Å². The van der Waals surface area contributed by atoms with Crippen molar-refractivity contribution in [3.8, 4) is 0 Å². The SMILES string of the molecule is CC(NCC1CCCCC1O)c1ccc(Cl)c(Cl)c1Cl. The number of aliphatic hydroxyl groups excluding tert-OH is 1. The molecule has 0 aliphatic heterocycles. The van der Waals surface area contributed by atoms with Crippen molar-refractivity contribution < 1.29 is 5.11 Å². The van der Waals surface area contributed by atoms with Gasteiger partial charge in [0.1, 0.15) is 0 Å². The largest absolute Gasteiger partial charge is 0.393 e. The van der Waals surface area contributed by atoms with Gasteiger partial charge in [-0.05, 0) is 37.3 Å². The number of aliphatic hydroxyl groups is 1. The molecule has 3 unspecified atom stereocenters. The molecule has 1 saturated carbocycles. The molecule has 112 valence electrons. The van der Waals surface area contributed by atoms with Crippen molar-refractivity contribution in [1.82, 2.24) is 5.32 Å². The van der Waals surface area contributed by atoms with Gasteiger partial charge in [-0.15, -0.1) is 0 Å². The predicted octanol–water partition coefficient (Wildman–Crippen LogP) is 4.85. The number of hydrogen-bond donors (Lipinski definition) is 2. The Labute approximate surface area is 135 Å². The second-order valence-electron chi connectivity index (χ2n) is 5.51. The van der Waals surface area contributed by atoms with Gasteiger partial charge in [0.05, 0.1) is 21.2 Å². The molecule has 0 heterocycles. The molecule has 5 heteroatoms. The Morgan fingerprint density at radius 3 is 2.60 bits per heavy atom. The Morgan fingerprint density at radius 2 is 1.90 bits per heavy atom. The summed E-state index contributed by atoms with van der Waals surface area (Å²) >= 11 is 18.2. The zero-order chi connectivity index (χ0) is 14.7. The highest BCUT2D eigenvalue weighted by molar-refractivity contribution is 6.48. The summed E-state index contributed by atoms with van der Waals surface area (Å²) in [5.74, 6) is 0.327. The van der Waals surface area contributed by atoms with Gasteiger partial charge in [0.25, 0.3) is 0 Å². The van der Waals surface area contributed by atoms with Gasteiger partial charge < -0.3 is 10.4 Å². The van der Waals surface area contributed by atoms with Crippen LogP contribution in [0.25, 0.3) is 0 Å². The van der Waals surface area contributed by atoms with Crippen molar-refractivity contribution in [3.05, 3.63) is 32.8 Å². The number of halogens is 3. The van der Waals surface area contributed by atoms with E-state index in [0.717, 1.165) is 31.4 Å². The van der Waals surface area contributed by atoms with E-state index in [1.807, 2.05) is 13.0 Å². The number of hydrogen-bond acceptors (Lipinski definition) is 2. The van der Waals surface area contributed by atoms with Crippen LogP contribution in [0.2, 0.25) is 15.1 Å². The lowest BCUT2D eigenvalue weighted by molar-refractivity contribution is 0.0684. The monoisotopic (exact) mass is 335 g/mol. The Bertz CT molecular complexity index is 467. The van der Waals surface area contributed by atoms with Crippen LogP contribution in [0.3, 0.4) is 0 Å². The molecule has 3 atom stereocenters. The topological polar surface area (TPSA) is 32.3 Å². The fourth-order valence-corrected chi connectivity index (χ4v) is 3.45. The molecule has 1 aromatic carbocycles. The van der Waals surface area contributed by atoms with Gasteiger partial charge in [-0.1, -0.05) is 53.7 Å². The summed E-state index contributed by atoms with van der Waals surface area (Å²) < 4.78 is 0. The summed E-state index contributed by atoms with van der Waals surface area (Å²) in [6.45, 7) is 2.83. The van der Waals surface area contributed by atoms with E-state index >= 15 is 0 Å². The quantitative estimate of drug-likeness (QED) is 0.770. The normalized spacial score (nSPS) is 24.6. The van der Waals surface area contributed by atoms with Gasteiger partial charge in [0.2, 0.25) is 0 Å². The second-order valence-corrected chi connectivity index (χ2v) is 6.67. The molecule has 0 spiro atoms. The summed E-state index contributed by atoms with van der Waals surface area (Å²) in [6, 6.07) is 3.73. The minimum absolute atomic E-state index is 0.0754. The van der Waals surface area contributed by atoms with E-state index in [1.54, 1.807) is 6.07 Å². The highest BCUT2D eigenvalue weighted by Crippen LogP contribution is 2.35. The van der Waals surface area contributed by atoms with Crippen LogP contribution < -0.4 is 5.32 Å². The molecule has 0 bridgehead atoms. The molecule has 2 rings (SSSR count). The van der Waals surface area contributed by atoms with Crippen LogP contribution in [0.1, 0.15) is 44.2 Å². The summed E-state index contributed by atoms with van der Waals surface area (Å²) in [5.41, 5.74) is 0.936. The van der Waals surface area contributed by atoms with E-state index in [1.165, 1.54) is 6.42 Å². The lowest BCUT2D eigenvalue weighted by atomic mass is 9.86. The van der Waals surface area contributed by atoms with Crippen LogP contribution in [0, 0.1) is 5.92 Å². The zero-order valence-electron chi connectivity index (χ0n) is 11.5. The average molecular weight is 337 g/mol. The maximum Gasteiger partial charge on any atom is 0.0781 e. The van der Waals surface area contributed by atoms with Crippen LogP contribution in [0.4, 0.5) is 0 Å². The third kappa shape index (κ3) is 3.80. The van der Waals surface area contributed by atoms with Gasteiger partial charge in [-0.2, -0.15) is 0 Å². The predicted molar refractivity (Wildman–Crippen MR) is 85.9 cm³/mol. The van der Waals surface area contributed by atoms with E-state index in [4.69, 9.17) is 34.8 Å². The lowest BCUT2D eigenvalue weighted by Crippen LogP contribution is -2.35. The van der Waals surface area contributed by atoms with E-state index in [2.05, 4.69) is 5.32 Å². The van der Waals surface area contributed by atoms with Crippen molar-refractivity contribution in [3.63, 3.8) is 0 Å². The minimum Gasteiger partial charge on any atom is -0.393 e. The van der Waals surface area contributed by atoms with Crippen LogP contribution in [0.5, 0.6) is 0 Å². The molecule has 0 saturated heterocycles. The third-order valence-electron chi connectivity index (χ3n) is 4.09. The molecular weight excluding hydrogens is 317 g/mol. The molecule has 1 aliphatic rings. The first-order chi connectivity index (χ1) is 9.50. The van der Waals surface area contributed by atoms with Crippen molar-refractivity contribution >= 4 is 34.8 Å². The fourth-order valence-electron chi connectivity index (χ4n) is 2.74. The zero-order valence-corrected chi connectivity index (χ0v) is 13.8. The van der Waals surface area contributed by atoms with Gasteiger partial charge in [0.15, 0.2) is 0 Å². The van der Waals surface area contributed by atoms with E-state index in [9.17, 15) is 5.11 Å². The first-order valence-corrected chi connectivity index (χ1v) is 8.19. The maximum absolute atomic E-state index is 9.98. The molecule has 0 amide bonds. The maximum atomic E-state index is 9.98. The summed E-state index contributed by atoms with van der Waals surface area (Å²) in [4.78, 5) is 0. The third-order valence-corrected chi connectivity index (χ3v) is 5.39. The smallest absolute Gasteiger partial charge is 0.0781 e. The first-order valence-electron chi connectivity index (χ1n) is 7.05.